The van der Waals surface area contributed by atoms with Crippen molar-refractivity contribution in [3.63, 3.8) is 0 Å². The van der Waals surface area contributed by atoms with Crippen LogP contribution in [0.5, 0.6) is 0 Å². The van der Waals surface area contributed by atoms with Gasteiger partial charge in [0.2, 0.25) is 0 Å². The Kier molecular flexibility index (Phi) is 6.62. The number of amides is 2. The molecule has 0 aliphatic carbocycles. The van der Waals surface area contributed by atoms with Crippen LogP contribution in [0.1, 0.15) is 31.4 Å². The van der Waals surface area contributed by atoms with Crippen molar-refractivity contribution in [1.82, 2.24) is 10.2 Å². The molecule has 0 spiro atoms. The SMILES string of the molecule is C=CCC[C@H](NC(=O)N1C[C@H](CO)O[C@@H](C)C1)c1ccccc1. The molecule has 0 unspecified atom stereocenters. The van der Waals surface area contributed by atoms with Crippen molar-refractivity contribution in [3.05, 3.63) is 48.6 Å². The highest BCUT2D eigenvalue weighted by molar-refractivity contribution is 5.75. The molecular weight excluding hydrogens is 292 g/mol. The van der Waals surface area contributed by atoms with Gasteiger partial charge in [0.15, 0.2) is 0 Å². The second kappa shape index (κ2) is 8.70. The first-order valence-corrected chi connectivity index (χ1v) is 8.11. The van der Waals surface area contributed by atoms with E-state index in [1.807, 2.05) is 43.3 Å². The van der Waals surface area contributed by atoms with E-state index in [-0.39, 0.29) is 30.9 Å². The van der Waals surface area contributed by atoms with Crippen molar-refractivity contribution in [3.8, 4) is 0 Å². The molecule has 5 heteroatoms. The molecule has 2 rings (SSSR count). The van der Waals surface area contributed by atoms with E-state index in [2.05, 4.69) is 11.9 Å². The Balaban J connectivity index is 2.03. The Morgan fingerprint density at radius 3 is 2.87 bits per heavy atom. The van der Waals surface area contributed by atoms with E-state index in [0.717, 1.165) is 18.4 Å². The number of allylic oxidation sites excluding steroid dienone is 1. The molecule has 0 aromatic heterocycles. The average Bonchev–Trinajstić information content (AvgIpc) is 2.58. The first-order chi connectivity index (χ1) is 11.1. The number of nitrogens with zero attached hydrogens (tertiary/aromatic N) is 1. The van der Waals surface area contributed by atoms with Crippen LogP contribution < -0.4 is 5.32 Å². The van der Waals surface area contributed by atoms with Crippen molar-refractivity contribution >= 4 is 6.03 Å². The summed E-state index contributed by atoms with van der Waals surface area (Å²) in [6, 6.07) is 9.79. The molecule has 3 atom stereocenters. The monoisotopic (exact) mass is 318 g/mol. The van der Waals surface area contributed by atoms with Gasteiger partial charge in [-0.25, -0.2) is 4.79 Å². The second-order valence-electron chi connectivity index (χ2n) is 5.94. The Bertz CT molecular complexity index is 506. The number of morpholine rings is 1. The van der Waals surface area contributed by atoms with E-state index >= 15 is 0 Å². The highest BCUT2D eigenvalue weighted by Gasteiger charge is 2.29. The topological polar surface area (TPSA) is 61.8 Å². The normalized spacial score (nSPS) is 22.4. The number of rotatable bonds is 6. The molecule has 5 nitrogen and oxygen atoms in total. The Morgan fingerprint density at radius 2 is 2.22 bits per heavy atom. The average molecular weight is 318 g/mol. The summed E-state index contributed by atoms with van der Waals surface area (Å²) in [7, 11) is 0. The largest absolute Gasteiger partial charge is 0.394 e. The van der Waals surface area contributed by atoms with Gasteiger partial charge in [0.1, 0.15) is 0 Å². The van der Waals surface area contributed by atoms with Crippen LogP contribution in [0, 0.1) is 0 Å². The summed E-state index contributed by atoms with van der Waals surface area (Å²) in [5, 5.41) is 12.4. The van der Waals surface area contributed by atoms with Crippen molar-refractivity contribution in [2.45, 2.75) is 38.0 Å². The lowest BCUT2D eigenvalue weighted by Gasteiger charge is -2.36. The number of nitrogens with one attached hydrogen (secondary N) is 1. The number of carbonyl (C=O) groups excluding carboxylic acids is 1. The van der Waals surface area contributed by atoms with Gasteiger partial charge < -0.3 is 20.1 Å². The van der Waals surface area contributed by atoms with Gasteiger partial charge in [-0.3, -0.25) is 0 Å². The molecule has 1 aromatic rings. The number of carbonyl (C=O) groups is 1. The molecular formula is C18H26N2O3. The molecule has 1 aliphatic heterocycles. The highest BCUT2D eigenvalue weighted by atomic mass is 16.5. The molecule has 2 N–H and O–H groups in total. The molecule has 1 aliphatic rings. The summed E-state index contributed by atoms with van der Waals surface area (Å²) >= 11 is 0. The molecule has 1 fully saturated rings. The smallest absolute Gasteiger partial charge is 0.318 e. The maximum absolute atomic E-state index is 12.6. The van der Waals surface area contributed by atoms with Crippen LogP contribution in [0.3, 0.4) is 0 Å². The minimum atomic E-state index is -0.312. The van der Waals surface area contributed by atoms with E-state index in [1.165, 1.54) is 0 Å². The summed E-state index contributed by atoms with van der Waals surface area (Å²) in [6.07, 6.45) is 3.12. The molecule has 1 heterocycles. The van der Waals surface area contributed by atoms with Gasteiger partial charge in [0.05, 0.1) is 31.4 Å². The maximum atomic E-state index is 12.6. The molecule has 126 valence electrons. The summed E-state index contributed by atoms with van der Waals surface area (Å²) in [4.78, 5) is 14.3. The summed E-state index contributed by atoms with van der Waals surface area (Å²) in [5.74, 6) is 0. The molecule has 0 radical (unpaired) electrons. The minimum Gasteiger partial charge on any atom is -0.394 e. The lowest BCUT2D eigenvalue weighted by molar-refractivity contribution is -0.0835. The van der Waals surface area contributed by atoms with E-state index in [4.69, 9.17) is 4.74 Å². The second-order valence-corrected chi connectivity index (χ2v) is 5.94. The molecule has 23 heavy (non-hydrogen) atoms. The van der Waals surface area contributed by atoms with E-state index in [1.54, 1.807) is 4.90 Å². The number of urea groups is 1. The van der Waals surface area contributed by atoms with Gasteiger partial charge in [-0.1, -0.05) is 36.4 Å². The van der Waals surface area contributed by atoms with Crippen LogP contribution in [0.25, 0.3) is 0 Å². The molecule has 0 bridgehead atoms. The quantitative estimate of drug-likeness (QED) is 0.792. The van der Waals surface area contributed by atoms with Crippen molar-refractivity contribution in [2.24, 2.45) is 0 Å². The predicted molar refractivity (Wildman–Crippen MR) is 90.1 cm³/mol. The minimum absolute atomic E-state index is 0.0487. The summed E-state index contributed by atoms with van der Waals surface area (Å²) in [5.41, 5.74) is 1.09. The third-order valence-electron chi connectivity index (χ3n) is 3.98. The zero-order valence-corrected chi connectivity index (χ0v) is 13.6. The first kappa shape index (κ1) is 17.5. The fourth-order valence-corrected chi connectivity index (χ4v) is 2.84. The third kappa shape index (κ3) is 5.08. The number of benzene rings is 1. The Hall–Kier alpha value is -1.85. The Labute approximate surface area is 137 Å². The van der Waals surface area contributed by atoms with Crippen LogP contribution in [-0.2, 0) is 4.74 Å². The van der Waals surface area contributed by atoms with Gasteiger partial charge in [0, 0.05) is 6.54 Å². The van der Waals surface area contributed by atoms with E-state index in [0.29, 0.717) is 13.1 Å². The molecule has 1 aromatic carbocycles. The predicted octanol–water partition coefficient (Wildman–Crippen LogP) is 2.49. The van der Waals surface area contributed by atoms with Gasteiger partial charge >= 0.3 is 6.03 Å². The van der Waals surface area contributed by atoms with Crippen LogP contribution >= 0.6 is 0 Å². The molecule has 2 amide bonds. The number of ether oxygens (including phenoxy) is 1. The van der Waals surface area contributed by atoms with E-state index < -0.39 is 0 Å². The Morgan fingerprint density at radius 1 is 1.48 bits per heavy atom. The van der Waals surface area contributed by atoms with Crippen LogP contribution in [0.2, 0.25) is 0 Å². The van der Waals surface area contributed by atoms with Crippen molar-refractivity contribution < 1.29 is 14.6 Å². The zero-order chi connectivity index (χ0) is 16.7. The van der Waals surface area contributed by atoms with Gasteiger partial charge in [-0.05, 0) is 25.3 Å². The standard InChI is InChI=1S/C18H26N2O3/c1-3-4-10-17(15-8-6-5-7-9-15)19-18(22)20-11-14(2)23-16(12-20)13-21/h3,5-9,14,16-17,21H,1,4,10-13H2,2H3,(H,19,22)/t14-,16+,17-/m0/s1. The lowest BCUT2D eigenvalue weighted by Crippen LogP contribution is -2.53. The lowest BCUT2D eigenvalue weighted by atomic mass is 10.0. The number of aliphatic hydroxyl groups is 1. The zero-order valence-electron chi connectivity index (χ0n) is 13.6. The van der Waals surface area contributed by atoms with Crippen molar-refractivity contribution in [1.29, 1.82) is 0 Å². The van der Waals surface area contributed by atoms with Crippen LogP contribution in [0.4, 0.5) is 4.79 Å². The fraction of sp³-hybridized carbons (Fsp3) is 0.500. The number of hydrogen-bond acceptors (Lipinski definition) is 3. The maximum Gasteiger partial charge on any atom is 0.318 e. The number of hydrogen-bond donors (Lipinski definition) is 2. The fourth-order valence-electron chi connectivity index (χ4n) is 2.84. The first-order valence-electron chi connectivity index (χ1n) is 8.11. The van der Waals surface area contributed by atoms with Crippen molar-refractivity contribution in [2.75, 3.05) is 19.7 Å². The van der Waals surface area contributed by atoms with Crippen LogP contribution in [-0.4, -0.2) is 47.9 Å². The highest BCUT2D eigenvalue weighted by Crippen LogP contribution is 2.20. The molecule has 1 saturated heterocycles. The van der Waals surface area contributed by atoms with E-state index in [9.17, 15) is 9.90 Å². The van der Waals surface area contributed by atoms with Gasteiger partial charge in [-0.2, -0.15) is 0 Å². The molecule has 0 saturated carbocycles. The van der Waals surface area contributed by atoms with Gasteiger partial charge in [-0.15, -0.1) is 6.58 Å². The third-order valence-corrected chi connectivity index (χ3v) is 3.98. The summed E-state index contributed by atoms with van der Waals surface area (Å²) in [6.45, 7) is 6.54. The van der Waals surface area contributed by atoms with Gasteiger partial charge in [0.25, 0.3) is 0 Å². The van der Waals surface area contributed by atoms with Crippen LogP contribution in [0.15, 0.2) is 43.0 Å². The summed E-state index contributed by atoms with van der Waals surface area (Å²) < 4.78 is 5.59. The number of aliphatic hydroxyl groups excluding tert-OH is 1.